The lowest BCUT2D eigenvalue weighted by Crippen LogP contribution is -2.32. The molecule has 0 amide bonds. The van der Waals surface area contributed by atoms with Gasteiger partial charge in [0, 0.05) is 45.6 Å². The summed E-state index contributed by atoms with van der Waals surface area (Å²) in [4.78, 5) is 37.7. The molecule has 224 valence electrons. The molecule has 0 aliphatic carbocycles. The third-order valence-electron chi connectivity index (χ3n) is 8.19. The van der Waals surface area contributed by atoms with Crippen LogP contribution < -0.4 is 11.1 Å². The summed E-state index contributed by atoms with van der Waals surface area (Å²) in [6.45, 7) is 13.4. The molecule has 0 aliphatic heterocycles. The van der Waals surface area contributed by atoms with Crippen molar-refractivity contribution in [1.82, 2.24) is 4.57 Å². The Morgan fingerprint density at radius 3 is 2.00 bits per heavy atom. The third-order valence-corrected chi connectivity index (χ3v) is 14.6. The Balaban J connectivity index is 1.41. The van der Waals surface area contributed by atoms with Gasteiger partial charge in [-0.05, 0) is 87.6 Å². The number of thiophene rings is 5. The van der Waals surface area contributed by atoms with E-state index in [2.05, 4.69) is 65.0 Å². The minimum atomic E-state index is -0.150. The van der Waals surface area contributed by atoms with Crippen LogP contribution in [0.3, 0.4) is 0 Å². The smallest absolute Gasteiger partial charge is 0.262 e. The van der Waals surface area contributed by atoms with Crippen molar-refractivity contribution in [2.24, 2.45) is 5.92 Å². The molecular formula is C35H37NO2S5. The van der Waals surface area contributed by atoms with Crippen molar-refractivity contribution < 1.29 is 0 Å². The molecule has 0 aromatic carbocycles. The Morgan fingerprint density at radius 2 is 1.33 bits per heavy atom. The van der Waals surface area contributed by atoms with Gasteiger partial charge in [-0.1, -0.05) is 39.5 Å². The van der Waals surface area contributed by atoms with E-state index in [4.69, 9.17) is 0 Å². The topological polar surface area (TPSA) is 39.1 Å². The molecule has 43 heavy (non-hydrogen) atoms. The lowest BCUT2D eigenvalue weighted by molar-refractivity contribution is 0.418. The highest BCUT2D eigenvalue weighted by atomic mass is 32.1. The van der Waals surface area contributed by atoms with E-state index in [1.165, 1.54) is 64.2 Å². The number of hydrogen-bond acceptors (Lipinski definition) is 7. The maximum atomic E-state index is 14.1. The second-order valence-electron chi connectivity index (χ2n) is 11.8. The van der Waals surface area contributed by atoms with E-state index in [1.54, 1.807) is 34.0 Å². The van der Waals surface area contributed by atoms with E-state index in [0.717, 1.165) is 32.0 Å². The highest BCUT2D eigenvalue weighted by Crippen LogP contribution is 2.46. The van der Waals surface area contributed by atoms with E-state index < -0.39 is 0 Å². The van der Waals surface area contributed by atoms with Gasteiger partial charge >= 0.3 is 0 Å². The van der Waals surface area contributed by atoms with Crippen molar-refractivity contribution in [3.63, 3.8) is 0 Å². The maximum Gasteiger partial charge on any atom is 0.262 e. The monoisotopic (exact) mass is 663 g/mol. The van der Waals surface area contributed by atoms with Crippen LogP contribution in [0.4, 0.5) is 0 Å². The predicted octanol–water partition coefficient (Wildman–Crippen LogP) is 11.7. The standard InChI is InChI=1S/C35H37NO2S5/c1-7-8-9-10-11-19(2)18-36-34(37)24-16-22(5)39-32(24)33-25(35(36)38)17-30(43-33)31-21(4)15-29(42-31)27-13-12-26(41-27)28-14-20(3)23(6)40-28/h12-17,19H,7-11,18H2,1-6H3. The first-order valence-electron chi connectivity index (χ1n) is 15.0. The highest BCUT2D eigenvalue weighted by molar-refractivity contribution is 7.32. The fourth-order valence-corrected chi connectivity index (χ4v) is 11.5. The molecule has 6 aromatic rings. The number of nitrogens with zero attached hydrogens (tertiary/aromatic N) is 1. The van der Waals surface area contributed by atoms with E-state index in [9.17, 15) is 9.59 Å². The van der Waals surface area contributed by atoms with Crippen LogP contribution in [0, 0.1) is 33.6 Å². The van der Waals surface area contributed by atoms with Gasteiger partial charge in [0.1, 0.15) is 0 Å². The summed E-state index contributed by atoms with van der Waals surface area (Å²) >= 11 is 8.79. The maximum absolute atomic E-state index is 14.1. The molecule has 3 nitrogen and oxygen atoms in total. The molecule has 6 heterocycles. The molecule has 6 aromatic heterocycles. The number of aryl methyl sites for hydroxylation is 4. The van der Waals surface area contributed by atoms with Crippen LogP contribution in [-0.2, 0) is 6.54 Å². The SMILES string of the molecule is CCCCCCC(C)Cn1c(=O)c2cc(C)sc2c2sc(-c3sc(-c4ccc(-c5cc(C)c(C)s5)s4)cc3C)cc2c1=O. The van der Waals surface area contributed by atoms with Crippen LogP contribution in [0.2, 0.25) is 0 Å². The highest BCUT2D eigenvalue weighted by Gasteiger charge is 2.20. The fourth-order valence-electron chi connectivity index (χ4n) is 5.69. The number of rotatable bonds is 10. The Kier molecular flexibility index (Phi) is 8.96. The Hall–Kier alpha value is -2.36. The normalized spacial score (nSPS) is 12.6. The Labute approximate surface area is 273 Å². The Morgan fingerprint density at radius 1 is 0.674 bits per heavy atom. The molecule has 0 fully saturated rings. The van der Waals surface area contributed by atoms with Gasteiger partial charge in [-0.2, -0.15) is 0 Å². The summed E-state index contributed by atoms with van der Waals surface area (Å²) in [7, 11) is 0. The summed E-state index contributed by atoms with van der Waals surface area (Å²) in [5, 5.41) is 1.35. The van der Waals surface area contributed by atoms with Gasteiger partial charge < -0.3 is 0 Å². The predicted molar refractivity (Wildman–Crippen MR) is 195 cm³/mol. The van der Waals surface area contributed by atoms with Crippen LogP contribution in [0.1, 0.15) is 66.8 Å². The first-order chi connectivity index (χ1) is 20.6. The van der Waals surface area contributed by atoms with Gasteiger partial charge in [0.15, 0.2) is 0 Å². The first kappa shape index (κ1) is 30.7. The molecule has 0 bridgehead atoms. The average molecular weight is 664 g/mol. The van der Waals surface area contributed by atoms with E-state index in [-0.39, 0.29) is 17.0 Å². The Bertz CT molecular complexity index is 2040. The molecule has 0 saturated carbocycles. The van der Waals surface area contributed by atoms with Crippen molar-refractivity contribution >= 4 is 76.9 Å². The zero-order chi connectivity index (χ0) is 30.4. The number of aromatic nitrogens is 1. The number of fused-ring (bicyclic) bond motifs is 3. The van der Waals surface area contributed by atoms with Crippen molar-refractivity contribution in [1.29, 1.82) is 0 Å². The van der Waals surface area contributed by atoms with E-state index in [0.29, 0.717) is 17.3 Å². The molecule has 0 radical (unpaired) electrons. The molecule has 0 saturated heterocycles. The number of unbranched alkanes of at least 4 members (excludes halogenated alkanes) is 3. The minimum absolute atomic E-state index is 0.145. The van der Waals surface area contributed by atoms with Crippen LogP contribution in [-0.4, -0.2) is 4.57 Å². The zero-order valence-corrected chi connectivity index (χ0v) is 29.7. The lowest BCUT2D eigenvalue weighted by Gasteiger charge is -2.11. The fraction of sp³-hybridized carbons (Fsp3) is 0.371. The molecule has 0 N–H and O–H groups in total. The quantitative estimate of drug-likeness (QED) is 0.137. The van der Waals surface area contributed by atoms with Gasteiger partial charge in [0.2, 0.25) is 0 Å². The molecule has 8 heteroatoms. The van der Waals surface area contributed by atoms with Crippen LogP contribution in [0.15, 0.2) is 46.0 Å². The molecule has 1 atom stereocenters. The molecule has 0 aliphatic rings. The molecule has 6 rings (SSSR count). The lowest BCUT2D eigenvalue weighted by atomic mass is 10.0. The van der Waals surface area contributed by atoms with Gasteiger partial charge in [-0.15, -0.1) is 56.7 Å². The molecule has 1 unspecified atom stereocenters. The van der Waals surface area contributed by atoms with Crippen molar-refractivity contribution in [2.75, 3.05) is 0 Å². The van der Waals surface area contributed by atoms with Gasteiger partial charge in [0.25, 0.3) is 11.1 Å². The van der Waals surface area contributed by atoms with Crippen LogP contribution >= 0.6 is 56.7 Å². The number of hydrogen-bond donors (Lipinski definition) is 0. The summed E-state index contributed by atoms with van der Waals surface area (Å²) in [6, 6.07) is 13.1. The van der Waals surface area contributed by atoms with Crippen molar-refractivity contribution in [3.8, 4) is 29.3 Å². The summed E-state index contributed by atoms with van der Waals surface area (Å²) in [6.07, 6.45) is 5.81. The summed E-state index contributed by atoms with van der Waals surface area (Å²) in [5.74, 6) is 0.271. The van der Waals surface area contributed by atoms with E-state index >= 15 is 0 Å². The van der Waals surface area contributed by atoms with Crippen molar-refractivity contribution in [3.05, 3.63) is 78.0 Å². The first-order valence-corrected chi connectivity index (χ1v) is 19.1. The largest absolute Gasteiger partial charge is 0.274 e. The van der Waals surface area contributed by atoms with Crippen LogP contribution in [0.25, 0.3) is 49.4 Å². The second kappa shape index (κ2) is 12.6. The van der Waals surface area contributed by atoms with Crippen molar-refractivity contribution in [2.45, 2.75) is 80.2 Å². The van der Waals surface area contributed by atoms with E-state index in [1.807, 2.05) is 35.7 Å². The van der Waals surface area contributed by atoms with Crippen LogP contribution in [0.5, 0.6) is 0 Å². The second-order valence-corrected chi connectivity index (χ2v) is 17.5. The van der Waals surface area contributed by atoms with Gasteiger partial charge in [-0.3, -0.25) is 14.2 Å². The summed E-state index contributed by atoms with van der Waals surface area (Å²) < 4.78 is 3.42. The van der Waals surface area contributed by atoms with Gasteiger partial charge in [-0.25, -0.2) is 0 Å². The van der Waals surface area contributed by atoms with Gasteiger partial charge in [0.05, 0.1) is 20.2 Å². The average Bonchev–Trinajstić information content (AvgIpc) is 3.79. The summed E-state index contributed by atoms with van der Waals surface area (Å²) in [5.41, 5.74) is 2.27. The third kappa shape index (κ3) is 6.01. The zero-order valence-electron chi connectivity index (χ0n) is 25.6. The minimum Gasteiger partial charge on any atom is -0.274 e. The molecule has 0 spiro atoms. The molecular weight excluding hydrogens is 627 g/mol.